The van der Waals surface area contributed by atoms with Crippen LogP contribution in [0.2, 0.25) is 0 Å². The van der Waals surface area contributed by atoms with Crippen LogP contribution < -0.4 is 5.32 Å². The minimum absolute atomic E-state index is 0.0414. The van der Waals surface area contributed by atoms with Crippen LogP contribution in [-0.2, 0) is 4.79 Å². The van der Waals surface area contributed by atoms with Crippen molar-refractivity contribution in [3.05, 3.63) is 17.0 Å². The Hall–Kier alpha value is -1.40. The number of nitrogens with one attached hydrogen (secondary N) is 1. The van der Waals surface area contributed by atoms with E-state index in [-0.39, 0.29) is 24.3 Å². The van der Waals surface area contributed by atoms with E-state index < -0.39 is 5.60 Å². The Bertz CT molecular complexity index is 529. The molecule has 0 aromatic carbocycles. The number of carbonyl (C=O) groups is 2. The Labute approximate surface area is 129 Å². The third-order valence-electron chi connectivity index (χ3n) is 3.26. The summed E-state index contributed by atoms with van der Waals surface area (Å²) in [4.78, 5) is 26.3. The third kappa shape index (κ3) is 4.54. The van der Waals surface area contributed by atoms with E-state index in [2.05, 4.69) is 5.32 Å². The van der Waals surface area contributed by atoms with Gasteiger partial charge in [0.15, 0.2) is 0 Å². The van der Waals surface area contributed by atoms with E-state index in [1.54, 1.807) is 30.9 Å². The van der Waals surface area contributed by atoms with Gasteiger partial charge in [-0.2, -0.15) is 0 Å². The molecular formula is C15H22N2O3S. The zero-order chi connectivity index (χ0) is 15.6. The van der Waals surface area contributed by atoms with Crippen molar-refractivity contribution in [3.8, 4) is 0 Å². The molecule has 1 aliphatic carbocycles. The number of carbonyl (C=O) groups excluding carboxylic acids is 2. The number of aliphatic hydroxyl groups is 1. The summed E-state index contributed by atoms with van der Waals surface area (Å²) in [6.07, 6.45) is 1.91. The first kappa shape index (κ1) is 16.0. The van der Waals surface area contributed by atoms with Crippen LogP contribution in [0, 0.1) is 5.92 Å². The summed E-state index contributed by atoms with van der Waals surface area (Å²) in [6, 6.07) is 3.48. The molecule has 5 nitrogen and oxygen atoms in total. The average molecular weight is 310 g/mol. The summed E-state index contributed by atoms with van der Waals surface area (Å²) in [5.74, 6) is 0.0739. The van der Waals surface area contributed by atoms with Gasteiger partial charge >= 0.3 is 0 Å². The third-order valence-corrected chi connectivity index (χ3v) is 4.25. The van der Waals surface area contributed by atoms with Gasteiger partial charge in [0.25, 0.3) is 5.91 Å². The molecule has 1 heterocycles. The number of hydrogen-bond acceptors (Lipinski definition) is 4. The largest absolute Gasteiger partial charge is 0.389 e. The lowest BCUT2D eigenvalue weighted by atomic mass is 10.1. The molecule has 0 bridgehead atoms. The summed E-state index contributed by atoms with van der Waals surface area (Å²) in [5.41, 5.74) is -0.925. The Balaban J connectivity index is 2.01. The number of nitrogens with zero attached hydrogens (tertiary/aromatic N) is 1. The van der Waals surface area contributed by atoms with Crippen molar-refractivity contribution in [1.82, 2.24) is 4.90 Å². The monoisotopic (exact) mass is 310 g/mol. The second kappa shape index (κ2) is 6.15. The number of likely N-dealkylation sites (N-methyl/N-ethyl adjacent to an activating group) is 1. The standard InChI is InChI=1S/C15H22N2O3S/c1-4-17(9-15(2,3)20)14(19)11-7-8-12(21-11)16-13(18)10-5-6-10/h7-8,10,20H,4-6,9H2,1-3H3,(H,16,18). The lowest BCUT2D eigenvalue weighted by molar-refractivity contribution is -0.117. The number of rotatable bonds is 6. The Morgan fingerprint density at radius 1 is 1.43 bits per heavy atom. The molecule has 0 atom stereocenters. The zero-order valence-electron chi connectivity index (χ0n) is 12.7. The van der Waals surface area contributed by atoms with Crippen LogP contribution in [0.4, 0.5) is 5.00 Å². The van der Waals surface area contributed by atoms with Crippen molar-refractivity contribution in [2.75, 3.05) is 18.4 Å². The van der Waals surface area contributed by atoms with Crippen molar-refractivity contribution in [1.29, 1.82) is 0 Å². The van der Waals surface area contributed by atoms with Gasteiger partial charge in [-0.1, -0.05) is 0 Å². The summed E-state index contributed by atoms with van der Waals surface area (Å²) in [5, 5.41) is 13.4. The minimum Gasteiger partial charge on any atom is -0.389 e. The predicted octanol–water partition coefficient (Wildman–Crippen LogP) is 2.33. The average Bonchev–Trinajstić information content (AvgIpc) is 3.15. The van der Waals surface area contributed by atoms with Gasteiger partial charge in [-0.05, 0) is 45.7 Å². The highest BCUT2D eigenvalue weighted by molar-refractivity contribution is 7.18. The van der Waals surface area contributed by atoms with Gasteiger partial charge < -0.3 is 15.3 Å². The summed E-state index contributed by atoms with van der Waals surface area (Å²) in [6.45, 7) is 6.05. The van der Waals surface area contributed by atoms with Crippen LogP contribution in [0.5, 0.6) is 0 Å². The van der Waals surface area contributed by atoms with Crippen molar-refractivity contribution < 1.29 is 14.7 Å². The SMILES string of the molecule is CCN(CC(C)(C)O)C(=O)c1ccc(NC(=O)C2CC2)s1. The van der Waals surface area contributed by atoms with E-state index in [1.165, 1.54) is 11.3 Å². The summed E-state index contributed by atoms with van der Waals surface area (Å²) in [7, 11) is 0. The van der Waals surface area contributed by atoms with E-state index in [0.29, 0.717) is 16.4 Å². The molecule has 0 spiro atoms. The molecule has 1 aromatic rings. The molecule has 21 heavy (non-hydrogen) atoms. The summed E-state index contributed by atoms with van der Waals surface area (Å²) >= 11 is 1.28. The van der Waals surface area contributed by atoms with Crippen LogP contribution in [0.25, 0.3) is 0 Å². The molecule has 1 aliphatic rings. The molecule has 116 valence electrons. The highest BCUT2D eigenvalue weighted by Crippen LogP contribution is 2.31. The van der Waals surface area contributed by atoms with Gasteiger partial charge in [-0.25, -0.2) is 0 Å². The van der Waals surface area contributed by atoms with Gasteiger partial charge in [0.2, 0.25) is 5.91 Å². The van der Waals surface area contributed by atoms with Crippen LogP contribution >= 0.6 is 11.3 Å². The molecule has 1 fully saturated rings. The quantitative estimate of drug-likeness (QED) is 0.847. The number of amides is 2. The maximum Gasteiger partial charge on any atom is 0.264 e. The smallest absolute Gasteiger partial charge is 0.264 e. The molecule has 2 amide bonds. The molecule has 2 rings (SSSR count). The topological polar surface area (TPSA) is 69.6 Å². The van der Waals surface area contributed by atoms with E-state index in [9.17, 15) is 14.7 Å². The van der Waals surface area contributed by atoms with E-state index in [4.69, 9.17) is 0 Å². The molecule has 2 N–H and O–H groups in total. The first-order chi connectivity index (χ1) is 9.80. The van der Waals surface area contributed by atoms with Crippen LogP contribution in [0.15, 0.2) is 12.1 Å². The van der Waals surface area contributed by atoms with Crippen molar-refractivity contribution >= 4 is 28.2 Å². The molecule has 0 saturated heterocycles. The lowest BCUT2D eigenvalue weighted by Crippen LogP contribution is -2.41. The highest BCUT2D eigenvalue weighted by Gasteiger charge is 2.30. The highest BCUT2D eigenvalue weighted by atomic mass is 32.1. The fraction of sp³-hybridized carbons (Fsp3) is 0.600. The molecule has 6 heteroatoms. The number of anilines is 1. The molecule has 1 aromatic heterocycles. The fourth-order valence-corrected chi connectivity index (χ4v) is 2.92. The van der Waals surface area contributed by atoms with Gasteiger partial charge in [-0.3, -0.25) is 9.59 Å². The van der Waals surface area contributed by atoms with Crippen molar-refractivity contribution in [2.24, 2.45) is 5.92 Å². The van der Waals surface area contributed by atoms with E-state index in [0.717, 1.165) is 12.8 Å². The first-order valence-electron chi connectivity index (χ1n) is 7.22. The molecular weight excluding hydrogens is 288 g/mol. The van der Waals surface area contributed by atoms with Gasteiger partial charge in [0.1, 0.15) is 0 Å². The number of thiophene rings is 1. The second-order valence-electron chi connectivity index (χ2n) is 6.06. The lowest BCUT2D eigenvalue weighted by Gasteiger charge is -2.27. The maximum absolute atomic E-state index is 12.4. The van der Waals surface area contributed by atoms with E-state index in [1.807, 2.05) is 6.92 Å². The number of hydrogen-bond donors (Lipinski definition) is 2. The predicted molar refractivity (Wildman–Crippen MR) is 83.5 cm³/mol. The minimum atomic E-state index is -0.925. The normalized spacial score (nSPS) is 14.9. The van der Waals surface area contributed by atoms with Crippen LogP contribution in [0.3, 0.4) is 0 Å². The fourth-order valence-electron chi connectivity index (χ4n) is 2.04. The Kier molecular flexibility index (Phi) is 4.68. The Morgan fingerprint density at radius 3 is 2.62 bits per heavy atom. The molecule has 0 radical (unpaired) electrons. The Morgan fingerprint density at radius 2 is 2.10 bits per heavy atom. The van der Waals surface area contributed by atoms with E-state index >= 15 is 0 Å². The van der Waals surface area contributed by atoms with Gasteiger partial charge in [0, 0.05) is 19.0 Å². The van der Waals surface area contributed by atoms with Crippen molar-refractivity contribution in [3.63, 3.8) is 0 Å². The summed E-state index contributed by atoms with van der Waals surface area (Å²) < 4.78 is 0. The van der Waals surface area contributed by atoms with Crippen LogP contribution in [-0.4, -0.2) is 40.5 Å². The zero-order valence-corrected chi connectivity index (χ0v) is 13.5. The van der Waals surface area contributed by atoms with Gasteiger partial charge in [0.05, 0.1) is 15.5 Å². The first-order valence-corrected chi connectivity index (χ1v) is 8.04. The maximum atomic E-state index is 12.4. The van der Waals surface area contributed by atoms with Crippen molar-refractivity contribution in [2.45, 2.75) is 39.2 Å². The van der Waals surface area contributed by atoms with Gasteiger partial charge in [-0.15, -0.1) is 11.3 Å². The molecule has 0 unspecified atom stereocenters. The molecule has 0 aliphatic heterocycles. The van der Waals surface area contributed by atoms with Crippen LogP contribution in [0.1, 0.15) is 43.3 Å². The second-order valence-corrected chi connectivity index (χ2v) is 7.14. The molecule has 1 saturated carbocycles.